The van der Waals surface area contributed by atoms with Crippen LogP contribution in [0.3, 0.4) is 0 Å². The summed E-state index contributed by atoms with van der Waals surface area (Å²) >= 11 is 0. The SMILES string of the molecule is OC[C@H]1OC(O)C[C@@H](OCc2ccccc2)[C@@H]1O. The topological polar surface area (TPSA) is 79.2 Å². The van der Waals surface area contributed by atoms with Gasteiger partial charge in [0.05, 0.1) is 19.3 Å². The highest BCUT2D eigenvalue weighted by atomic mass is 16.6. The highest BCUT2D eigenvalue weighted by Crippen LogP contribution is 2.22. The molecule has 1 aliphatic rings. The smallest absolute Gasteiger partial charge is 0.157 e. The fourth-order valence-electron chi connectivity index (χ4n) is 2.01. The van der Waals surface area contributed by atoms with E-state index in [4.69, 9.17) is 14.6 Å². The minimum atomic E-state index is -1.01. The van der Waals surface area contributed by atoms with Gasteiger partial charge in [-0.2, -0.15) is 0 Å². The van der Waals surface area contributed by atoms with E-state index in [0.717, 1.165) is 5.56 Å². The van der Waals surface area contributed by atoms with Crippen molar-refractivity contribution in [2.75, 3.05) is 6.61 Å². The molecule has 1 aromatic carbocycles. The Morgan fingerprint density at radius 2 is 1.94 bits per heavy atom. The normalized spacial score (nSPS) is 32.4. The van der Waals surface area contributed by atoms with Crippen LogP contribution in [0.4, 0.5) is 0 Å². The van der Waals surface area contributed by atoms with Gasteiger partial charge in [-0.15, -0.1) is 0 Å². The van der Waals surface area contributed by atoms with Crippen molar-refractivity contribution in [1.82, 2.24) is 0 Å². The summed E-state index contributed by atoms with van der Waals surface area (Å²) < 4.78 is 10.6. The summed E-state index contributed by atoms with van der Waals surface area (Å²) in [5.41, 5.74) is 0.992. The molecule has 1 heterocycles. The molecular formula is C13H18O5. The van der Waals surface area contributed by atoms with Gasteiger partial charge in [0, 0.05) is 6.42 Å². The quantitative estimate of drug-likeness (QED) is 0.706. The molecular weight excluding hydrogens is 236 g/mol. The maximum atomic E-state index is 9.90. The average Bonchev–Trinajstić information content (AvgIpc) is 2.40. The lowest BCUT2D eigenvalue weighted by molar-refractivity contribution is -0.249. The largest absolute Gasteiger partial charge is 0.394 e. The van der Waals surface area contributed by atoms with Gasteiger partial charge in [-0.1, -0.05) is 30.3 Å². The summed E-state index contributed by atoms with van der Waals surface area (Å²) in [7, 11) is 0. The molecule has 1 fully saturated rings. The first kappa shape index (κ1) is 13.5. The number of benzene rings is 1. The standard InChI is InChI=1S/C13H18O5/c14-7-11-13(16)10(6-12(15)18-11)17-8-9-4-2-1-3-5-9/h1-5,10-16H,6-8H2/t10-,11-,12?,13+/m1/s1. The molecule has 1 saturated heterocycles. The second kappa shape index (κ2) is 6.26. The van der Waals surface area contributed by atoms with Crippen molar-refractivity contribution in [3.8, 4) is 0 Å². The molecule has 1 aliphatic heterocycles. The van der Waals surface area contributed by atoms with Gasteiger partial charge in [-0.25, -0.2) is 0 Å². The first-order valence-electron chi connectivity index (χ1n) is 5.98. The Hall–Kier alpha value is -0.980. The van der Waals surface area contributed by atoms with Crippen LogP contribution in [0.2, 0.25) is 0 Å². The van der Waals surface area contributed by atoms with E-state index in [2.05, 4.69) is 0 Å². The van der Waals surface area contributed by atoms with E-state index in [9.17, 15) is 10.2 Å². The summed E-state index contributed by atoms with van der Waals surface area (Å²) in [5, 5.41) is 28.4. The third-order valence-corrected chi connectivity index (χ3v) is 3.01. The maximum Gasteiger partial charge on any atom is 0.157 e. The van der Waals surface area contributed by atoms with Crippen LogP contribution >= 0.6 is 0 Å². The summed E-state index contributed by atoms with van der Waals surface area (Å²) in [6.45, 7) is 0.0108. The Bertz CT molecular complexity index is 356. The summed E-state index contributed by atoms with van der Waals surface area (Å²) in [6.07, 6.45) is -3.07. The van der Waals surface area contributed by atoms with Crippen molar-refractivity contribution >= 4 is 0 Å². The third kappa shape index (κ3) is 3.28. The van der Waals surface area contributed by atoms with E-state index >= 15 is 0 Å². The Morgan fingerprint density at radius 1 is 1.22 bits per heavy atom. The van der Waals surface area contributed by atoms with Gasteiger partial charge in [0.2, 0.25) is 0 Å². The Morgan fingerprint density at radius 3 is 2.61 bits per heavy atom. The summed E-state index contributed by atoms with van der Waals surface area (Å²) in [6, 6.07) is 9.57. The number of ether oxygens (including phenoxy) is 2. The second-order valence-corrected chi connectivity index (χ2v) is 4.37. The monoisotopic (exact) mass is 254 g/mol. The molecule has 5 heteroatoms. The van der Waals surface area contributed by atoms with Crippen LogP contribution in [-0.2, 0) is 16.1 Å². The molecule has 4 atom stereocenters. The van der Waals surface area contributed by atoms with E-state index in [1.807, 2.05) is 30.3 Å². The molecule has 1 aromatic rings. The minimum Gasteiger partial charge on any atom is -0.394 e. The fourth-order valence-corrected chi connectivity index (χ4v) is 2.01. The minimum absolute atomic E-state index is 0.199. The van der Waals surface area contributed by atoms with Crippen LogP contribution in [0, 0.1) is 0 Å². The van der Waals surface area contributed by atoms with E-state index in [-0.39, 0.29) is 13.0 Å². The molecule has 1 unspecified atom stereocenters. The van der Waals surface area contributed by atoms with Crippen LogP contribution in [0.15, 0.2) is 30.3 Å². The van der Waals surface area contributed by atoms with Crippen molar-refractivity contribution in [2.45, 2.75) is 37.6 Å². The molecule has 5 nitrogen and oxygen atoms in total. The number of rotatable bonds is 4. The molecule has 0 amide bonds. The van der Waals surface area contributed by atoms with Gasteiger partial charge in [-0.3, -0.25) is 0 Å². The Labute approximate surface area is 106 Å². The second-order valence-electron chi connectivity index (χ2n) is 4.37. The summed E-state index contributed by atoms with van der Waals surface area (Å²) in [4.78, 5) is 0. The fraction of sp³-hybridized carbons (Fsp3) is 0.538. The number of hydrogen-bond acceptors (Lipinski definition) is 5. The van der Waals surface area contributed by atoms with Crippen LogP contribution < -0.4 is 0 Å². The molecule has 0 saturated carbocycles. The molecule has 0 aromatic heterocycles. The molecule has 2 rings (SSSR count). The van der Waals surface area contributed by atoms with Crippen molar-refractivity contribution in [3.05, 3.63) is 35.9 Å². The van der Waals surface area contributed by atoms with Gasteiger partial charge >= 0.3 is 0 Å². The van der Waals surface area contributed by atoms with Crippen molar-refractivity contribution in [2.24, 2.45) is 0 Å². The van der Waals surface area contributed by atoms with Crippen LogP contribution in [0.5, 0.6) is 0 Å². The van der Waals surface area contributed by atoms with Gasteiger partial charge in [-0.05, 0) is 5.56 Å². The lowest BCUT2D eigenvalue weighted by Gasteiger charge is -2.36. The number of aliphatic hydroxyl groups is 3. The van der Waals surface area contributed by atoms with E-state index < -0.39 is 24.6 Å². The molecule has 3 N–H and O–H groups in total. The zero-order valence-corrected chi connectivity index (χ0v) is 9.98. The first-order chi connectivity index (χ1) is 8.70. The maximum absolute atomic E-state index is 9.90. The van der Waals surface area contributed by atoms with E-state index in [0.29, 0.717) is 6.61 Å². The molecule has 0 bridgehead atoms. The lowest BCUT2D eigenvalue weighted by atomic mass is 10.0. The summed E-state index contributed by atoms with van der Waals surface area (Å²) in [5.74, 6) is 0. The molecule has 18 heavy (non-hydrogen) atoms. The van der Waals surface area contributed by atoms with Crippen LogP contribution in [0.1, 0.15) is 12.0 Å². The number of hydrogen-bond donors (Lipinski definition) is 3. The van der Waals surface area contributed by atoms with Crippen molar-refractivity contribution in [1.29, 1.82) is 0 Å². The lowest BCUT2D eigenvalue weighted by Crippen LogP contribution is -2.50. The molecule has 0 radical (unpaired) electrons. The highest BCUT2D eigenvalue weighted by Gasteiger charge is 2.37. The predicted molar refractivity (Wildman–Crippen MR) is 63.6 cm³/mol. The van der Waals surface area contributed by atoms with Crippen molar-refractivity contribution < 1.29 is 24.8 Å². The third-order valence-electron chi connectivity index (χ3n) is 3.01. The van der Waals surface area contributed by atoms with E-state index in [1.54, 1.807) is 0 Å². The van der Waals surface area contributed by atoms with E-state index in [1.165, 1.54) is 0 Å². The Balaban J connectivity index is 1.91. The average molecular weight is 254 g/mol. The number of aliphatic hydroxyl groups excluding tert-OH is 3. The van der Waals surface area contributed by atoms with Crippen molar-refractivity contribution in [3.63, 3.8) is 0 Å². The van der Waals surface area contributed by atoms with Gasteiger partial charge in [0.25, 0.3) is 0 Å². The van der Waals surface area contributed by atoms with Crippen LogP contribution in [-0.4, -0.2) is 46.5 Å². The molecule has 100 valence electrons. The van der Waals surface area contributed by atoms with Gasteiger partial charge in [0.1, 0.15) is 12.2 Å². The molecule has 0 aliphatic carbocycles. The van der Waals surface area contributed by atoms with Crippen LogP contribution in [0.25, 0.3) is 0 Å². The predicted octanol–water partition coefficient (Wildman–Crippen LogP) is 0.0323. The highest BCUT2D eigenvalue weighted by molar-refractivity contribution is 5.13. The Kier molecular flexibility index (Phi) is 4.68. The van der Waals surface area contributed by atoms with Gasteiger partial charge < -0.3 is 24.8 Å². The first-order valence-corrected chi connectivity index (χ1v) is 5.98. The zero-order valence-electron chi connectivity index (χ0n) is 9.98. The van der Waals surface area contributed by atoms with Gasteiger partial charge in [0.15, 0.2) is 6.29 Å². The zero-order chi connectivity index (χ0) is 13.0. The molecule has 0 spiro atoms.